The fraction of sp³-hybridized carbons (Fsp3) is 0.909. The molecular weight excluding hydrogens is 244 g/mol. The van der Waals surface area contributed by atoms with Gasteiger partial charge in [0.2, 0.25) is 0 Å². The van der Waals surface area contributed by atoms with Gasteiger partial charge in [0, 0.05) is 11.3 Å². The van der Waals surface area contributed by atoms with Gasteiger partial charge in [-0.25, -0.2) is 8.78 Å². The van der Waals surface area contributed by atoms with Crippen molar-refractivity contribution in [2.45, 2.75) is 37.9 Å². The van der Waals surface area contributed by atoms with E-state index in [1.54, 1.807) is 0 Å². The van der Waals surface area contributed by atoms with Crippen LogP contribution in [0.5, 0.6) is 0 Å². The average molecular weight is 265 g/mol. The Bertz CT molecular complexity index is 253. The summed E-state index contributed by atoms with van der Waals surface area (Å²) in [5.41, 5.74) is 0. The highest BCUT2D eigenvalue weighted by atomic mass is 32.2. The predicted molar refractivity (Wildman–Crippen MR) is 70.1 cm³/mol. The van der Waals surface area contributed by atoms with E-state index in [1.807, 2.05) is 18.7 Å². The third-order valence-corrected chi connectivity index (χ3v) is 4.16. The first-order valence-corrected chi connectivity index (χ1v) is 6.98. The van der Waals surface area contributed by atoms with Crippen molar-refractivity contribution in [2.75, 3.05) is 25.4 Å². The van der Waals surface area contributed by atoms with Gasteiger partial charge in [-0.3, -0.25) is 4.99 Å². The number of hydrogen-bond donors (Lipinski definition) is 2. The Morgan fingerprint density at radius 2 is 2.24 bits per heavy atom. The minimum Gasteiger partial charge on any atom is -0.357 e. The molecule has 1 atom stereocenters. The number of halogens is 2. The van der Waals surface area contributed by atoms with Gasteiger partial charge in [-0.2, -0.15) is 11.8 Å². The molecule has 0 aromatic rings. The van der Waals surface area contributed by atoms with Crippen molar-refractivity contribution in [1.29, 1.82) is 0 Å². The molecule has 17 heavy (non-hydrogen) atoms. The lowest BCUT2D eigenvalue weighted by Crippen LogP contribution is -2.40. The first-order chi connectivity index (χ1) is 8.06. The maximum absolute atomic E-state index is 12.1. The Balaban J connectivity index is 2.44. The molecule has 0 aromatic heterocycles. The zero-order valence-electron chi connectivity index (χ0n) is 10.4. The Morgan fingerprint density at radius 3 is 2.76 bits per heavy atom. The molecule has 1 fully saturated rings. The lowest BCUT2D eigenvalue weighted by atomic mass is 10.1. The van der Waals surface area contributed by atoms with Gasteiger partial charge in [-0.05, 0) is 32.4 Å². The summed E-state index contributed by atoms with van der Waals surface area (Å²) < 4.78 is 24.4. The largest absolute Gasteiger partial charge is 0.357 e. The molecule has 3 nitrogen and oxygen atoms in total. The molecule has 1 aliphatic rings. The first-order valence-electron chi connectivity index (χ1n) is 6.00. The average Bonchev–Trinajstić information content (AvgIpc) is 2.70. The van der Waals surface area contributed by atoms with E-state index in [0.717, 1.165) is 6.42 Å². The van der Waals surface area contributed by atoms with Crippen LogP contribution in [-0.4, -0.2) is 42.5 Å². The van der Waals surface area contributed by atoms with Gasteiger partial charge in [0.1, 0.15) is 0 Å². The van der Waals surface area contributed by atoms with Gasteiger partial charge >= 0.3 is 0 Å². The minimum absolute atomic E-state index is 0.174. The smallest absolute Gasteiger partial charge is 0.255 e. The van der Waals surface area contributed by atoms with Crippen LogP contribution in [-0.2, 0) is 0 Å². The normalized spacial score (nSPS) is 25.4. The summed E-state index contributed by atoms with van der Waals surface area (Å²) in [5, 5.41) is 5.62. The molecule has 0 bridgehead atoms. The predicted octanol–water partition coefficient (Wildman–Crippen LogP) is 2.09. The molecule has 2 N–H and O–H groups in total. The summed E-state index contributed by atoms with van der Waals surface area (Å²) in [6.07, 6.45) is 0.0166. The Morgan fingerprint density at radius 1 is 1.47 bits per heavy atom. The number of guanidine groups is 1. The first kappa shape index (κ1) is 14.5. The third kappa shape index (κ3) is 5.57. The van der Waals surface area contributed by atoms with Crippen molar-refractivity contribution in [2.24, 2.45) is 4.99 Å². The molecular formula is C11H21F2N3S. The lowest BCUT2D eigenvalue weighted by Gasteiger charge is -2.20. The van der Waals surface area contributed by atoms with Crippen molar-refractivity contribution in [3.8, 4) is 0 Å². The highest BCUT2D eigenvalue weighted by molar-refractivity contribution is 8.00. The molecule has 1 aliphatic heterocycles. The van der Waals surface area contributed by atoms with Gasteiger partial charge in [-0.15, -0.1) is 0 Å². The lowest BCUT2D eigenvalue weighted by molar-refractivity contribution is 0.152. The summed E-state index contributed by atoms with van der Waals surface area (Å²) in [7, 11) is 0. The molecule has 0 spiro atoms. The highest BCUT2D eigenvalue weighted by Gasteiger charge is 2.29. The van der Waals surface area contributed by atoms with Crippen LogP contribution in [0, 0.1) is 0 Å². The van der Waals surface area contributed by atoms with Crippen LogP contribution >= 0.6 is 11.8 Å². The van der Waals surface area contributed by atoms with Crippen LogP contribution in [0.3, 0.4) is 0 Å². The number of aliphatic imine (C=N–C) groups is 1. The summed E-state index contributed by atoms with van der Waals surface area (Å²) in [4.78, 5) is 4.38. The molecule has 1 heterocycles. The topological polar surface area (TPSA) is 36.4 Å². The standard InChI is InChI=1S/C11H21F2N3S/c1-3-14-10(15-7-9(12)13)16-8-11(2)5-4-6-17-11/h9H,3-8H2,1-2H3,(H2,14,15,16). The Labute approximate surface area is 106 Å². The van der Waals surface area contributed by atoms with E-state index in [9.17, 15) is 8.78 Å². The van der Waals surface area contributed by atoms with Crippen LogP contribution in [0.1, 0.15) is 26.7 Å². The van der Waals surface area contributed by atoms with Gasteiger partial charge < -0.3 is 10.6 Å². The second kappa shape index (κ2) is 7.03. The molecule has 1 saturated heterocycles. The summed E-state index contributed by atoms with van der Waals surface area (Å²) >= 11 is 1.92. The van der Waals surface area contributed by atoms with Crippen LogP contribution in [0.25, 0.3) is 0 Å². The number of nitrogens with one attached hydrogen (secondary N) is 2. The summed E-state index contributed by atoms with van der Waals surface area (Å²) in [6, 6.07) is 0. The highest BCUT2D eigenvalue weighted by Crippen LogP contribution is 2.37. The van der Waals surface area contributed by atoms with Crippen LogP contribution < -0.4 is 10.6 Å². The molecule has 1 unspecified atom stereocenters. The van der Waals surface area contributed by atoms with Crippen molar-refractivity contribution >= 4 is 17.7 Å². The van der Waals surface area contributed by atoms with E-state index in [0.29, 0.717) is 19.0 Å². The molecule has 0 aromatic carbocycles. The van der Waals surface area contributed by atoms with Crippen molar-refractivity contribution in [1.82, 2.24) is 10.6 Å². The van der Waals surface area contributed by atoms with Gasteiger partial charge in [0.05, 0.1) is 13.1 Å². The molecule has 0 saturated carbocycles. The SMILES string of the molecule is CCNC(=NCC1(C)CCCS1)NCC(F)F. The van der Waals surface area contributed by atoms with E-state index in [2.05, 4.69) is 22.5 Å². The number of hydrogen-bond acceptors (Lipinski definition) is 2. The van der Waals surface area contributed by atoms with E-state index < -0.39 is 6.43 Å². The van der Waals surface area contributed by atoms with Crippen LogP contribution in [0.2, 0.25) is 0 Å². The second-order valence-electron chi connectivity index (χ2n) is 4.37. The third-order valence-electron chi connectivity index (χ3n) is 2.64. The van der Waals surface area contributed by atoms with Gasteiger partial charge in [0.15, 0.2) is 5.96 Å². The van der Waals surface area contributed by atoms with Crippen LogP contribution in [0.4, 0.5) is 8.78 Å². The van der Waals surface area contributed by atoms with Crippen molar-refractivity contribution in [3.63, 3.8) is 0 Å². The molecule has 6 heteroatoms. The maximum Gasteiger partial charge on any atom is 0.255 e. The zero-order valence-corrected chi connectivity index (χ0v) is 11.2. The Kier molecular flexibility index (Phi) is 6.02. The number of thioether (sulfide) groups is 1. The van der Waals surface area contributed by atoms with E-state index in [-0.39, 0.29) is 11.3 Å². The quantitative estimate of drug-likeness (QED) is 0.590. The molecule has 1 rings (SSSR count). The monoisotopic (exact) mass is 265 g/mol. The number of alkyl halides is 2. The van der Waals surface area contributed by atoms with Gasteiger partial charge in [0.25, 0.3) is 6.43 Å². The van der Waals surface area contributed by atoms with E-state index in [1.165, 1.54) is 12.2 Å². The van der Waals surface area contributed by atoms with E-state index in [4.69, 9.17) is 0 Å². The fourth-order valence-corrected chi connectivity index (χ4v) is 2.95. The Hall–Kier alpha value is -0.520. The van der Waals surface area contributed by atoms with Crippen LogP contribution in [0.15, 0.2) is 4.99 Å². The molecule has 0 radical (unpaired) electrons. The maximum atomic E-state index is 12.1. The van der Waals surface area contributed by atoms with Crippen molar-refractivity contribution < 1.29 is 8.78 Å². The second-order valence-corrected chi connectivity index (χ2v) is 6.05. The number of rotatable bonds is 5. The molecule has 0 aliphatic carbocycles. The minimum atomic E-state index is -2.35. The fourth-order valence-electron chi connectivity index (χ4n) is 1.72. The molecule has 100 valence electrons. The van der Waals surface area contributed by atoms with E-state index >= 15 is 0 Å². The molecule has 0 amide bonds. The zero-order chi connectivity index (χ0) is 12.7. The number of nitrogens with zero attached hydrogens (tertiary/aromatic N) is 1. The summed E-state index contributed by atoms with van der Waals surface area (Å²) in [6.45, 7) is 5.11. The summed E-state index contributed by atoms with van der Waals surface area (Å²) in [5.74, 6) is 1.66. The van der Waals surface area contributed by atoms with Crippen molar-refractivity contribution in [3.05, 3.63) is 0 Å². The van der Waals surface area contributed by atoms with Gasteiger partial charge in [-0.1, -0.05) is 0 Å².